The molecule has 4 nitrogen and oxygen atoms in total. The van der Waals surface area contributed by atoms with Crippen LogP contribution < -0.4 is 0 Å². The molecule has 1 fully saturated rings. The average molecular weight is 295 g/mol. The molecule has 1 rings (SSSR count). The molecule has 1 unspecified atom stereocenters. The van der Waals surface area contributed by atoms with E-state index >= 15 is 0 Å². The molecule has 0 saturated carbocycles. The van der Waals surface area contributed by atoms with Gasteiger partial charge in [0.05, 0.1) is 0 Å². The summed E-state index contributed by atoms with van der Waals surface area (Å²) in [5, 5.41) is 8.65. The summed E-state index contributed by atoms with van der Waals surface area (Å²) in [4.78, 5) is 22.8. The number of hydrogen-bond donors (Lipinski definition) is 1. The number of rotatable bonds is 8. The van der Waals surface area contributed by atoms with Crippen LogP contribution in [0.25, 0.3) is 0 Å². The van der Waals surface area contributed by atoms with E-state index in [4.69, 9.17) is 5.11 Å². The minimum Gasteiger partial charge on any atom is -0.478 e. The van der Waals surface area contributed by atoms with E-state index in [9.17, 15) is 9.59 Å². The Morgan fingerprint density at radius 1 is 1.48 bits per heavy atom. The number of nitrogens with zero attached hydrogens (tertiary/aromatic N) is 1. The number of aliphatic carboxylic acids is 1. The number of likely N-dealkylation sites (tertiary alicyclic amines) is 1. The van der Waals surface area contributed by atoms with Gasteiger partial charge in [-0.1, -0.05) is 52.7 Å². The molecule has 0 aromatic carbocycles. The Bertz CT molecular complexity index is 363. The molecule has 120 valence electrons. The first-order valence-electron chi connectivity index (χ1n) is 7.79. The first-order chi connectivity index (χ1) is 9.96. The van der Waals surface area contributed by atoms with Crippen LogP contribution in [0.5, 0.6) is 0 Å². The summed E-state index contributed by atoms with van der Waals surface area (Å²) in [5.74, 6) is -0.140. The van der Waals surface area contributed by atoms with Crippen LogP contribution in [-0.4, -0.2) is 28.4 Å². The van der Waals surface area contributed by atoms with Gasteiger partial charge in [-0.25, -0.2) is 4.79 Å². The molecule has 1 saturated heterocycles. The molecule has 0 spiro atoms. The maximum Gasteiger partial charge on any atom is 0.330 e. The van der Waals surface area contributed by atoms with Crippen LogP contribution in [0.3, 0.4) is 0 Å². The number of carboxylic acid groups (broad SMARTS) is 1. The number of hydrogen-bond acceptors (Lipinski definition) is 2. The van der Waals surface area contributed by atoms with Crippen LogP contribution in [-0.2, 0) is 9.59 Å². The number of carboxylic acids is 1. The highest BCUT2D eigenvalue weighted by molar-refractivity contribution is 5.85. The Morgan fingerprint density at radius 2 is 2.14 bits per heavy atom. The second-order valence-electron chi connectivity index (χ2n) is 5.40. The van der Waals surface area contributed by atoms with E-state index in [-0.39, 0.29) is 5.91 Å². The normalized spacial score (nSPS) is 15.1. The maximum atomic E-state index is 10.7. The zero-order valence-corrected chi connectivity index (χ0v) is 13.4. The number of carbonyl (C=O) groups excluding carboxylic acids is 1. The van der Waals surface area contributed by atoms with Crippen molar-refractivity contribution < 1.29 is 14.7 Å². The van der Waals surface area contributed by atoms with Gasteiger partial charge in [-0.2, -0.15) is 0 Å². The third-order valence-electron chi connectivity index (χ3n) is 3.71. The highest BCUT2D eigenvalue weighted by Crippen LogP contribution is 2.20. The second-order valence-corrected chi connectivity index (χ2v) is 5.40. The van der Waals surface area contributed by atoms with Gasteiger partial charge in [0.25, 0.3) is 0 Å². The van der Waals surface area contributed by atoms with Gasteiger partial charge in [0.2, 0.25) is 5.91 Å². The zero-order valence-electron chi connectivity index (χ0n) is 13.4. The van der Waals surface area contributed by atoms with Crippen LogP contribution in [0.4, 0.5) is 0 Å². The lowest BCUT2D eigenvalue weighted by Gasteiger charge is -2.13. The van der Waals surface area contributed by atoms with Crippen molar-refractivity contribution in [3.63, 3.8) is 0 Å². The number of amides is 1. The summed E-state index contributed by atoms with van der Waals surface area (Å²) in [6, 6.07) is 0. The smallest absolute Gasteiger partial charge is 0.330 e. The van der Waals surface area contributed by atoms with Crippen molar-refractivity contribution in [2.75, 3.05) is 6.54 Å². The summed E-state index contributed by atoms with van der Waals surface area (Å²) in [6.07, 6.45) is 8.46. The quantitative estimate of drug-likeness (QED) is 0.689. The molecule has 1 heterocycles. The molecule has 1 amide bonds. The SMILES string of the molecule is C=C(CC(CC)CCCC)C(=O)O.C=CN1CCCC1=O. The van der Waals surface area contributed by atoms with E-state index in [1.807, 2.05) is 0 Å². The summed E-state index contributed by atoms with van der Waals surface area (Å²) in [6.45, 7) is 12.2. The summed E-state index contributed by atoms with van der Waals surface area (Å²) >= 11 is 0. The van der Waals surface area contributed by atoms with Gasteiger partial charge in [-0.15, -0.1) is 0 Å². The van der Waals surface area contributed by atoms with E-state index in [2.05, 4.69) is 27.0 Å². The predicted octanol–water partition coefficient (Wildman–Crippen LogP) is 3.99. The Kier molecular flexibility index (Phi) is 10.3. The molecule has 4 heteroatoms. The molecule has 21 heavy (non-hydrogen) atoms. The highest BCUT2D eigenvalue weighted by atomic mass is 16.4. The predicted molar refractivity (Wildman–Crippen MR) is 85.8 cm³/mol. The van der Waals surface area contributed by atoms with Gasteiger partial charge in [0.15, 0.2) is 0 Å². The van der Waals surface area contributed by atoms with E-state index in [1.54, 1.807) is 11.1 Å². The summed E-state index contributed by atoms with van der Waals surface area (Å²) < 4.78 is 0. The fourth-order valence-corrected chi connectivity index (χ4v) is 2.24. The Morgan fingerprint density at radius 3 is 2.48 bits per heavy atom. The molecule has 1 aliphatic rings. The maximum absolute atomic E-state index is 10.7. The molecule has 0 aromatic heterocycles. The fraction of sp³-hybridized carbons (Fsp3) is 0.647. The van der Waals surface area contributed by atoms with Crippen LogP contribution in [0, 0.1) is 5.92 Å². The van der Waals surface area contributed by atoms with E-state index in [0.29, 0.717) is 24.3 Å². The Balaban J connectivity index is 0.000000423. The molecule has 1 atom stereocenters. The molecule has 1 N–H and O–H groups in total. The first-order valence-corrected chi connectivity index (χ1v) is 7.79. The number of unbranched alkanes of at least 4 members (excludes halogenated alkanes) is 1. The second kappa shape index (κ2) is 11.1. The van der Waals surface area contributed by atoms with Crippen molar-refractivity contribution in [2.24, 2.45) is 5.92 Å². The van der Waals surface area contributed by atoms with Crippen molar-refractivity contribution in [1.82, 2.24) is 4.90 Å². The van der Waals surface area contributed by atoms with E-state index in [1.165, 1.54) is 12.8 Å². The zero-order chi connectivity index (χ0) is 16.3. The minimum atomic E-state index is -0.852. The molecule has 1 aliphatic heterocycles. The number of carbonyl (C=O) groups is 2. The third kappa shape index (κ3) is 8.33. The lowest BCUT2D eigenvalue weighted by molar-refractivity contribution is -0.133. The molecule has 0 aromatic rings. The Hall–Kier alpha value is -1.58. The highest BCUT2D eigenvalue weighted by Gasteiger charge is 2.16. The average Bonchev–Trinajstić information content (AvgIpc) is 2.89. The van der Waals surface area contributed by atoms with Gasteiger partial charge >= 0.3 is 5.97 Å². The molecule has 0 bridgehead atoms. The van der Waals surface area contributed by atoms with E-state index in [0.717, 1.165) is 25.8 Å². The minimum absolute atomic E-state index is 0.208. The van der Waals surface area contributed by atoms with Gasteiger partial charge < -0.3 is 10.0 Å². The van der Waals surface area contributed by atoms with Crippen LogP contribution in [0.1, 0.15) is 58.8 Å². The van der Waals surface area contributed by atoms with Crippen molar-refractivity contribution in [3.8, 4) is 0 Å². The lowest BCUT2D eigenvalue weighted by Crippen LogP contribution is -2.16. The third-order valence-corrected chi connectivity index (χ3v) is 3.71. The summed E-state index contributed by atoms with van der Waals surface area (Å²) in [5.41, 5.74) is 0.350. The topological polar surface area (TPSA) is 57.6 Å². The largest absolute Gasteiger partial charge is 0.478 e. The van der Waals surface area contributed by atoms with Crippen LogP contribution in [0.15, 0.2) is 24.9 Å². The van der Waals surface area contributed by atoms with Crippen molar-refractivity contribution >= 4 is 11.9 Å². The molecule has 0 radical (unpaired) electrons. The van der Waals surface area contributed by atoms with Crippen molar-refractivity contribution in [2.45, 2.75) is 58.8 Å². The molecule has 0 aliphatic carbocycles. The van der Waals surface area contributed by atoms with Crippen molar-refractivity contribution in [3.05, 3.63) is 24.9 Å². The molecular formula is C17H29NO3. The van der Waals surface area contributed by atoms with Gasteiger partial charge in [-0.3, -0.25) is 4.79 Å². The van der Waals surface area contributed by atoms with Crippen LogP contribution >= 0.6 is 0 Å². The fourth-order valence-electron chi connectivity index (χ4n) is 2.24. The lowest BCUT2D eigenvalue weighted by atomic mass is 9.92. The standard InChI is InChI=1S/C11H20O2.C6H9NO/c1-4-6-7-10(5-2)8-9(3)11(12)13;1-2-7-5-3-4-6(7)8/h10H,3-8H2,1-2H3,(H,12,13);2H,1,3-5H2. The monoisotopic (exact) mass is 295 g/mol. The summed E-state index contributed by atoms with van der Waals surface area (Å²) in [7, 11) is 0. The molecular weight excluding hydrogens is 266 g/mol. The van der Waals surface area contributed by atoms with Gasteiger partial charge in [0.1, 0.15) is 0 Å². The van der Waals surface area contributed by atoms with Crippen molar-refractivity contribution in [1.29, 1.82) is 0 Å². The first kappa shape index (κ1) is 19.4. The van der Waals surface area contributed by atoms with Gasteiger partial charge in [0, 0.05) is 18.5 Å². The van der Waals surface area contributed by atoms with E-state index < -0.39 is 5.97 Å². The Labute approximate surface area is 128 Å². The van der Waals surface area contributed by atoms with Gasteiger partial charge in [-0.05, 0) is 25.0 Å². The van der Waals surface area contributed by atoms with Crippen LogP contribution in [0.2, 0.25) is 0 Å².